The van der Waals surface area contributed by atoms with Gasteiger partial charge in [-0.05, 0) is 31.5 Å². The first-order valence-electron chi connectivity index (χ1n) is 6.63. The molecule has 0 spiro atoms. The number of anilines is 1. The maximum absolute atomic E-state index is 13.0. The number of hydrogen-bond donors (Lipinski definition) is 1. The highest BCUT2D eigenvalue weighted by Crippen LogP contribution is 2.18. The van der Waals surface area contributed by atoms with Crippen LogP contribution in [-0.2, 0) is 0 Å². The van der Waals surface area contributed by atoms with Crippen molar-refractivity contribution < 1.29 is 4.39 Å². The molecule has 0 fully saturated rings. The summed E-state index contributed by atoms with van der Waals surface area (Å²) in [6.45, 7) is 4.29. The second-order valence-corrected chi connectivity index (χ2v) is 4.70. The first-order valence-corrected chi connectivity index (χ1v) is 6.63. The smallest absolute Gasteiger partial charge is 0.124 e. The summed E-state index contributed by atoms with van der Waals surface area (Å²) in [5, 5.41) is 12.2. The van der Waals surface area contributed by atoms with E-state index in [1.54, 1.807) is 6.07 Å². The Kier molecular flexibility index (Phi) is 6.21. The summed E-state index contributed by atoms with van der Waals surface area (Å²) in [5.41, 5.74) is 1.09. The number of benzene rings is 1. The molecule has 0 amide bonds. The highest BCUT2D eigenvalue weighted by Gasteiger charge is 2.07. The van der Waals surface area contributed by atoms with Gasteiger partial charge < -0.3 is 5.32 Å². The maximum atomic E-state index is 13.0. The Morgan fingerprint density at radius 1 is 1.33 bits per heavy atom. The Morgan fingerprint density at radius 2 is 2.11 bits per heavy atom. The molecule has 0 radical (unpaired) electrons. The van der Waals surface area contributed by atoms with Crippen LogP contribution in [0.25, 0.3) is 0 Å². The summed E-state index contributed by atoms with van der Waals surface area (Å²) in [7, 11) is 0. The lowest BCUT2D eigenvalue weighted by atomic mass is 10.1. The lowest BCUT2D eigenvalue weighted by molar-refractivity contribution is 0.593. The predicted molar refractivity (Wildman–Crippen MR) is 73.0 cm³/mol. The summed E-state index contributed by atoms with van der Waals surface area (Å²) in [5.74, 6) is -0.368. The van der Waals surface area contributed by atoms with Gasteiger partial charge in [0.05, 0.1) is 11.3 Å². The van der Waals surface area contributed by atoms with Crippen LogP contribution >= 0.6 is 0 Å². The van der Waals surface area contributed by atoms with E-state index in [0.717, 1.165) is 12.1 Å². The molecule has 0 aromatic heterocycles. The molecule has 1 atom stereocenters. The number of unbranched alkanes of at least 4 members (excludes halogenated alkanes) is 3. The van der Waals surface area contributed by atoms with E-state index in [-0.39, 0.29) is 5.82 Å². The van der Waals surface area contributed by atoms with Crippen molar-refractivity contribution in [3.05, 3.63) is 29.6 Å². The Morgan fingerprint density at radius 3 is 2.78 bits per heavy atom. The number of hydrogen-bond acceptors (Lipinski definition) is 2. The zero-order chi connectivity index (χ0) is 13.4. The largest absolute Gasteiger partial charge is 0.382 e. The lowest BCUT2D eigenvalue weighted by Gasteiger charge is -2.16. The summed E-state index contributed by atoms with van der Waals surface area (Å²) < 4.78 is 13.0. The molecule has 0 saturated heterocycles. The van der Waals surface area contributed by atoms with E-state index in [2.05, 4.69) is 19.2 Å². The van der Waals surface area contributed by atoms with E-state index in [1.807, 2.05) is 6.07 Å². The molecule has 3 heteroatoms. The summed E-state index contributed by atoms with van der Waals surface area (Å²) in [6.07, 6.45) is 6.01. The molecule has 0 saturated carbocycles. The monoisotopic (exact) mass is 248 g/mol. The standard InChI is InChI=1S/C15H21FN2/c1-3-4-5-6-7-12(2)18-15-9-8-14(16)10-13(15)11-17/h8-10,12,18H,3-7H2,1-2H3. The molecule has 1 unspecified atom stereocenters. The summed E-state index contributed by atoms with van der Waals surface area (Å²) in [6, 6.07) is 6.61. The highest BCUT2D eigenvalue weighted by atomic mass is 19.1. The number of nitrogens with one attached hydrogen (secondary N) is 1. The summed E-state index contributed by atoms with van der Waals surface area (Å²) in [4.78, 5) is 0. The van der Waals surface area contributed by atoms with Gasteiger partial charge in [-0.1, -0.05) is 32.6 Å². The SMILES string of the molecule is CCCCCCC(C)Nc1ccc(F)cc1C#N. The van der Waals surface area contributed by atoms with Gasteiger partial charge in [-0.25, -0.2) is 4.39 Å². The average molecular weight is 248 g/mol. The fourth-order valence-electron chi connectivity index (χ4n) is 1.95. The van der Waals surface area contributed by atoms with Crippen molar-refractivity contribution >= 4 is 5.69 Å². The Balaban J connectivity index is 2.49. The van der Waals surface area contributed by atoms with E-state index in [0.29, 0.717) is 11.6 Å². The first-order chi connectivity index (χ1) is 8.67. The number of nitrogens with zero attached hydrogens (tertiary/aromatic N) is 1. The van der Waals surface area contributed by atoms with Crippen LogP contribution < -0.4 is 5.32 Å². The van der Waals surface area contributed by atoms with Gasteiger partial charge in [-0.2, -0.15) is 5.26 Å². The van der Waals surface area contributed by atoms with E-state index < -0.39 is 0 Å². The van der Waals surface area contributed by atoms with Gasteiger partial charge in [-0.15, -0.1) is 0 Å². The van der Waals surface area contributed by atoms with Gasteiger partial charge in [0, 0.05) is 6.04 Å². The zero-order valence-corrected chi connectivity index (χ0v) is 11.2. The number of rotatable bonds is 7. The van der Waals surface area contributed by atoms with Gasteiger partial charge in [0.25, 0.3) is 0 Å². The van der Waals surface area contributed by atoms with Crippen LogP contribution in [0.3, 0.4) is 0 Å². The van der Waals surface area contributed by atoms with Gasteiger partial charge in [0.15, 0.2) is 0 Å². The van der Waals surface area contributed by atoms with Gasteiger partial charge in [-0.3, -0.25) is 0 Å². The van der Waals surface area contributed by atoms with E-state index in [4.69, 9.17) is 5.26 Å². The molecular weight excluding hydrogens is 227 g/mol. The quantitative estimate of drug-likeness (QED) is 0.723. The van der Waals surface area contributed by atoms with Crippen LogP contribution in [0.15, 0.2) is 18.2 Å². The maximum Gasteiger partial charge on any atom is 0.124 e. The minimum atomic E-state index is -0.368. The number of nitriles is 1. The third kappa shape index (κ3) is 4.75. The average Bonchev–Trinajstić information content (AvgIpc) is 2.37. The van der Waals surface area contributed by atoms with Crippen LogP contribution in [0.2, 0.25) is 0 Å². The normalized spacial score (nSPS) is 11.9. The first kappa shape index (κ1) is 14.5. The predicted octanol–water partition coefficient (Wildman–Crippen LogP) is 4.47. The van der Waals surface area contributed by atoms with Crippen LogP contribution in [0.5, 0.6) is 0 Å². The molecule has 0 aliphatic heterocycles. The van der Waals surface area contributed by atoms with E-state index in [9.17, 15) is 4.39 Å². The Bertz CT molecular complexity index is 409. The van der Waals surface area contributed by atoms with Crippen molar-refractivity contribution in [2.75, 3.05) is 5.32 Å². The van der Waals surface area contributed by atoms with Crippen molar-refractivity contribution in [1.82, 2.24) is 0 Å². The van der Waals surface area contributed by atoms with E-state index in [1.165, 1.54) is 37.8 Å². The van der Waals surface area contributed by atoms with Gasteiger partial charge >= 0.3 is 0 Å². The fraction of sp³-hybridized carbons (Fsp3) is 0.533. The van der Waals surface area contributed by atoms with Crippen LogP contribution in [-0.4, -0.2) is 6.04 Å². The molecule has 18 heavy (non-hydrogen) atoms. The highest BCUT2D eigenvalue weighted by molar-refractivity contribution is 5.57. The topological polar surface area (TPSA) is 35.8 Å². The molecule has 0 aliphatic rings. The van der Waals surface area contributed by atoms with Crippen LogP contribution in [0, 0.1) is 17.1 Å². The number of halogens is 1. The van der Waals surface area contributed by atoms with E-state index >= 15 is 0 Å². The third-order valence-corrected chi connectivity index (χ3v) is 2.99. The van der Waals surface area contributed by atoms with Crippen LogP contribution in [0.4, 0.5) is 10.1 Å². The zero-order valence-electron chi connectivity index (χ0n) is 11.2. The van der Waals surface area contributed by atoms with Gasteiger partial charge in [0.2, 0.25) is 0 Å². The van der Waals surface area contributed by atoms with Crippen molar-refractivity contribution in [2.45, 2.75) is 52.0 Å². The lowest BCUT2D eigenvalue weighted by Crippen LogP contribution is -2.15. The minimum absolute atomic E-state index is 0.305. The molecule has 0 heterocycles. The molecule has 1 aromatic rings. The minimum Gasteiger partial charge on any atom is -0.382 e. The van der Waals surface area contributed by atoms with Crippen molar-refractivity contribution in [3.8, 4) is 6.07 Å². The molecular formula is C15H21FN2. The molecule has 0 aliphatic carbocycles. The van der Waals surface area contributed by atoms with Crippen molar-refractivity contribution in [1.29, 1.82) is 5.26 Å². The molecule has 1 rings (SSSR count). The Hall–Kier alpha value is -1.56. The molecule has 1 aromatic carbocycles. The Labute approximate surface area is 109 Å². The van der Waals surface area contributed by atoms with Gasteiger partial charge in [0.1, 0.15) is 11.9 Å². The second kappa shape index (κ2) is 7.71. The molecule has 1 N–H and O–H groups in total. The summed E-state index contributed by atoms with van der Waals surface area (Å²) >= 11 is 0. The van der Waals surface area contributed by atoms with Crippen molar-refractivity contribution in [2.24, 2.45) is 0 Å². The molecule has 98 valence electrons. The molecule has 0 bridgehead atoms. The fourth-order valence-corrected chi connectivity index (χ4v) is 1.95. The van der Waals surface area contributed by atoms with Crippen molar-refractivity contribution in [3.63, 3.8) is 0 Å². The third-order valence-electron chi connectivity index (χ3n) is 2.99. The van der Waals surface area contributed by atoms with Crippen LogP contribution in [0.1, 0.15) is 51.5 Å². The molecule has 2 nitrogen and oxygen atoms in total. The second-order valence-electron chi connectivity index (χ2n) is 4.70.